The number of aromatic amines is 1. The fraction of sp³-hybridized carbons (Fsp3) is 0.176. The van der Waals surface area contributed by atoms with Gasteiger partial charge in [0.15, 0.2) is 0 Å². The van der Waals surface area contributed by atoms with Crippen molar-refractivity contribution in [3.63, 3.8) is 0 Å². The van der Waals surface area contributed by atoms with Crippen molar-refractivity contribution >= 4 is 40.8 Å². The highest BCUT2D eigenvalue weighted by molar-refractivity contribution is 6.36. The second-order valence-electron chi connectivity index (χ2n) is 5.20. The van der Waals surface area contributed by atoms with E-state index in [2.05, 4.69) is 10.3 Å². The van der Waals surface area contributed by atoms with Crippen molar-refractivity contribution in [3.8, 4) is 0 Å². The van der Waals surface area contributed by atoms with E-state index in [-0.39, 0.29) is 5.91 Å². The van der Waals surface area contributed by atoms with Gasteiger partial charge < -0.3 is 15.0 Å². The summed E-state index contributed by atoms with van der Waals surface area (Å²) >= 11 is 6.02. The molecule has 0 unspecified atom stereocenters. The highest BCUT2D eigenvalue weighted by atomic mass is 35.5. The number of fused-ring (bicyclic) bond motifs is 1. The number of anilines is 1. The second-order valence-corrected chi connectivity index (χ2v) is 5.64. The summed E-state index contributed by atoms with van der Waals surface area (Å²) in [6, 6.07) is 6.94. The molecule has 0 radical (unpaired) electrons. The molecule has 23 heavy (non-hydrogen) atoms. The summed E-state index contributed by atoms with van der Waals surface area (Å²) < 4.78 is 4.97. The molecule has 0 fully saturated rings. The number of benzene rings is 1. The first-order valence-electron chi connectivity index (χ1n) is 7.19. The molecule has 1 aliphatic heterocycles. The lowest BCUT2D eigenvalue weighted by atomic mass is 10.1. The van der Waals surface area contributed by atoms with Crippen LogP contribution in [0.1, 0.15) is 34.2 Å². The molecule has 3 rings (SSSR count). The first kappa shape index (κ1) is 15.4. The molecule has 1 aromatic heterocycles. The van der Waals surface area contributed by atoms with Crippen molar-refractivity contribution in [2.75, 3.05) is 11.9 Å². The third-order valence-electron chi connectivity index (χ3n) is 3.60. The van der Waals surface area contributed by atoms with Crippen molar-refractivity contribution < 1.29 is 14.3 Å². The van der Waals surface area contributed by atoms with Crippen LogP contribution in [0.25, 0.3) is 11.6 Å². The van der Waals surface area contributed by atoms with Gasteiger partial charge in [-0.1, -0.05) is 11.6 Å². The average molecular weight is 331 g/mol. The first-order chi connectivity index (χ1) is 11.0. The van der Waals surface area contributed by atoms with Crippen LogP contribution in [0.5, 0.6) is 0 Å². The summed E-state index contributed by atoms with van der Waals surface area (Å²) in [4.78, 5) is 27.0. The number of H-pyrrole nitrogens is 1. The molecule has 2 aromatic rings. The molecule has 6 heteroatoms. The van der Waals surface area contributed by atoms with Gasteiger partial charge in [0.1, 0.15) is 5.69 Å². The maximum Gasteiger partial charge on any atom is 0.354 e. The fourth-order valence-electron chi connectivity index (χ4n) is 2.49. The quantitative estimate of drug-likeness (QED) is 0.666. The lowest BCUT2D eigenvalue weighted by molar-refractivity contribution is -0.110. The number of aromatic nitrogens is 1. The average Bonchev–Trinajstić information content (AvgIpc) is 3.01. The van der Waals surface area contributed by atoms with E-state index in [0.717, 1.165) is 16.8 Å². The molecule has 0 bridgehead atoms. The number of esters is 1. The predicted molar refractivity (Wildman–Crippen MR) is 89.4 cm³/mol. The molecule has 118 valence electrons. The Labute approximate surface area is 138 Å². The Morgan fingerprint density at radius 2 is 2.13 bits per heavy atom. The highest BCUT2D eigenvalue weighted by Gasteiger charge is 2.25. The van der Waals surface area contributed by atoms with Crippen molar-refractivity contribution in [1.29, 1.82) is 0 Å². The van der Waals surface area contributed by atoms with Gasteiger partial charge in [-0.15, -0.1) is 0 Å². The highest BCUT2D eigenvalue weighted by Crippen LogP contribution is 2.35. The topological polar surface area (TPSA) is 71.2 Å². The van der Waals surface area contributed by atoms with E-state index in [4.69, 9.17) is 16.3 Å². The molecule has 0 aliphatic carbocycles. The molecule has 0 spiro atoms. The second kappa shape index (κ2) is 5.93. The molecule has 5 nitrogen and oxygen atoms in total. The number of nitrogens with one attached hydrogen (secondary N) is 2. The molecule has 2 heterocycles. The first-order valence-corrected chi connectivity index (χ1v) is 7.57. The van der Waals surface area contributed by atoms with Gasteiger partial charge in [0, 0.05) is 22.0 Å². The molecule has 1 aromatic carbocycles. The monoisotopic (exact) mass is 330 g/mol. The van der Waals surface area contributed by atoms with Gasteiger partial charge in [-0.2, -0.15) is 0 Å². The van der Waals surface area contributed by atoms with Crippen LogP contribution in [0.15, 0.2) is 24.3 Å². The molecule has 1 amide bonds. The Kier molecular flexibility index (Phi) is 3.96. The van der Waals surface area contributed by atoms with E-state index in [9.17, 15) is 9.59 Å². The third-order valence-corrected chi connectivity index (χ3v) is 3.84. The van der Waals surface area contributed by atoms with Gasteiger partial charge in [0.05, 0.1) is 12.2 Å². The minimum absolute atomic E-state index is 0.200. The lowest BCUT2D eigenvalue weighted by Gasteiger charge is -2.00. The van der Waals surface area contributed by atoms with Gasteiger partial charge in [0.2, 0.25) is 0 Å². The largest absolute Gasteiger partial charge is 0.461 e. The summed E-state index contributed by atoms with van der Waals surface area (Å²) in [5.41, 5.74) is 3.87. The number of carbonyl (C=O) groups excluding carboxylic acids is 2. The van der Waals surface area contributed by atoms with E-state index in [1.54, 1.807) is 37.3 Å². The van der Waals surface area contributed by atoms with Crippen LogP contribution in [0, 0.1) is 6.92 Å². The summed E-state index contributed by atoms with van der Waals surface area (Å²) in [6.07, 6.45) is 1.72. The van der Waals surface area contributed by atoms with Gasteiger partial charge in [-0.3, -0.25) is 4.79 Å². The minimum atomic E-state index is -0.417. The van der Waals surface area contributed by atoms with Gasteiger partial charge in [-0.25, -0.2) is 4.79 Å². The Morgan fingerprint density at radius 3 is 2.87 bits per heavy atom. The van der Waals surface area contributed by atoms with Gasteiger partial charge in [-0.05, 0) is 49.8 Å². The number of halogens is 1. The van der Waals surface area contributed by atoms with E-state index in [1.165, 1.54) is 0 Å². The maximum absolute atomic E-state index is 12.2. The predicted octanol–water partition coefficient (Wildman–Crippen LogP) is 3.65. The van der Waals surface area contributed by atoms with E-state index >= 15 is 0 Å². The fourth-order valence-corrected chi connectivity index (χ4v) is 2.66. The zero-order valence-electron chi connectivity index (χ0n) is 12.7. The minimum Gasteiger partial charge on any atom is -0.461 e. The summed E-state index contributed by atoms with van der Waals surface area (Å²) in [5, 5.41) is 3.35. The van der Waals surface area contributed by atoms with Gasteiger partial charge in [0.25, 0.3) is 5.91 Å². The number of carbonyl (C=O) groups is 2. The smallest absolute Gasteiger partial charge is 0.354 e. The van der Waals surface area contributed by atoms with Crippen molar-refractivity contribution in [3.05, 3.63) is 51.8 Å². The maximum atomic E-state index is 12.2. The zero-order valence-corrected chi connectivity index (χ0v) is 13.5. The SMILES string of the molecule is CCOC(=O)c1cc(C)c(/C=C2\C(=O)Nc3ccc(Cl)cc32)[nH]1. The standard InChI is InChI=1S/C17H15ClN2O3/c1-3-23-17(22)15-6-9(2)14(19-15)8-12-11-7-10(18)4-5-13(11)20-16(12)21/h4-8,19H,3H2,1-2H3,(H,20,21)/b12-8-. The summed E-state index contributed by atoms with van der Waals surface area (Å²) in [5.74, 6) is -0.617. The van der Waals surface area contributed by atoms with Crippen LogP contribution in [0.2, 0.25) is 5.02 Å². The Bertz CT molecular complexity index is 836. The molecular weight excluding hydrogens is 316 g/mol. The number of rotatable bonds is 3. The molecular formula is C17H15ClN2O3. The Balaban J connectivity index is 2.01. The van der Waals surface area contributed by atoms with E-state index in [1.807, 2.05) is 6.92 Å². The Morgan fingerprint density at radius 1 is 1.35 bits per heavy atom. The van der Waals surface area contributed by atoms with Gasteiger partial charge >= 0.3 is 5.97 Å². The number of ether oxygens (including phenoxy) is 1. The van der Waals surface area contributed by atoms with Crippen molar-refractivity contribution in [2.45, 2.75) is 13.8 Å². The lowest BCUT2D eigenvalue weighted by Crippen LogP contribution is -2.05. The number of hydrogen-bond acceptors (Lipinski definition) is 3. The third kappa shape index (κ3) is 2.87. The summed E-state index contributed by atoms with van der Waals surface area (Å²) in [6.45, 7) is 3.92. The molecule has 1 aliphatic rings. The van der Waals surface area contributed by atoms with Crippen LogP contribution < -0.4 is 5.32 Å². The molecule has 0 atom stereocenters. The summed E-state index contributed by atoms with van der Waals surface area (Å²) in [7, 11) is 0. The van der Waals surface area contributed by atoms with Crippen LogP contribution in [-0.4, -0.2) is 23.5 Å². The van der Waals surface area contributed by atoms with E-state index < -0.39 is 5.97 Å². The van der Waals surface area contributed by atoms with E-state index in [0.29, 0.717) is 28.6 Å². The van der Waals surface area contributed by atoms with Crippen LogP contribution in [-0.2, 0) is 9.53 Å². The number of amides is 1. The van der Waals surface area contributed by atoms with Crippen molar-refractivity contribution in [1.82, 2.24) is 4.98 Å². The Hall–Kier alpha value is -2.53. The van der Waals surface area contributed by atoms with Crippen molar-refractivity contribution in [2.24, 2.45) is 0 Å². The molecule has 0 saturated carbocycles. The number of hydrogen-bond donors (Lipinski definition) is 2. The van der Waals surface area contributed by atoms with Crippen LogP contribution in [0.4, 0.5) is 5.69 Å². The molecule has 0 saturated heterocycles. The van der Waals surface area contributed by atoms with Crippen LogP contribution in [0.3, 0.4) is 0 Å². The number of aryl methyl sites for hydroxylation is 1. The molecule has 2 N–H and O–H groups in total. The normalized spacial score (nSPS) is 14.7. The zero-order chi connectivity index (χ0) is 16.6. The van der Waals surface area contributed by atoms with Crippen LogP contribution >= 0.6 is 11.6 Å².